The molecule has 1 rings (SSSR count). The summed E-state index contributed by atoms with van der Waals surface area (Å²) < 4.78 is 5.21. The van der Waals surface area contributed by atoms with Crippen LogP contribution in [0.5, 0.6) is 0 Å². The third kappa shape index (κ3) is 3.58. The van der Waals surface area contributed by atoms with Crippen LogP contribution >= 0.6 is 0 Å². The molecule has 0 fully saturated rings. The summed E-state index contributed by atoms with van der Waals surface area (Å²) in [6.45, 7) is 2.05. The molecule has 1 atom stereocenters. The summed E-state index contributed by atoms with van der Waals surface area (Å²) in [6, 6.07) is 4.29. The summed E-state index contributed by atoms with van der Waals surface area (Å²) in [6.07, 6.45) is 6.24. The van der Waals surface area contributed by atoms with Gasteiger partial charge >= 0.3 is 0 Å². The van der Waals surface area contributed by atoms with Gasteiger partial charge in [0.2, 0.25) is 0 Å². The lowest BCUT2D eigenvalue weighted by molar-refractivity contribution is 0.490. The second-order valence-electron chi connectivity index (χ2n) is 3.30. The second-order valence-corrected chi connectivity index (χ2v) is 3.30. The Hall–Kier alpha value is -0.760. The van der Waals surface area contributed by atoms with Crippen LogP contribution in [0.2, 0.25) is 0 Å². The van der Waals surface area contributed by atoms with E-state index in [0.717, 1.165) is 18.6 Å². The number of unbranched alkanes of at least 4 members (excludes halogenated alkanes) is 1. The lowest BCUT2D eigenvalue weighted by atomic mass is 10.1. The van der Waals surface area contributed by atoms with Gasteiger partial charge in [-0.1, -0.05) is 6.42 Å². The largest absolute Gasteiger partial charge is 0.469 e. The molecule has 1 unspecified atom stereocenters. The van der Waals surface area contributed by atoms with E-state index in [2.05, 4.69) is 0 Å². The fourth-order valence-electron chi connectivity index (χ4n) is 1.22. The molecule has 0 aliphatic rings. The molecular formula is C10H17NO. The van der Waals surface area contributed by atoms with Gasteiger partial charge in [-0.2, -0.15) is 0 Å². The number of aryl methyl sites for hydroxylation is 1. The molecule has 0 spiro atoms. The fourth-order valence-corrected chi connectivity index (χ4v) is 1.22. The summed E-state index contributed by atoms with van der Waals surface area (Å²) in [5, 5.41) is 0. The monoisotopic (exact) mass is 167 g/mol. The first-order valence-corrected chi connectivity index (χ1v) is 4.57. The van der Waals surface area contributed by atoms with Crippen molar-refractivity contribution in [3.63, 3.8) is 0 Å². The van der Waals surface area contributed by atoms with Crippen molar-refractivity contribution in [3.05, 3.63) is 24.2 Å². The molecule has 0 aromatic carbocycles. The average molecular weight is 167 g/mol. The Labute approximate surface area is 73.8 Å². The molecule has 0 aliphatic carbocycles. The van der Waals surface area contributed by atoms with E-state index in [1.807, 2.05) is 19.1 Å². The zero-order valence-electron chi connectivity index (χ0n) is 7.62. The minimum absolute atomic E-state index is 0.335. The Morgan fingerprint density at radius 1 is 1.50 bits per heavy atom. The van der Waals surface area contributed by atoms with Crippen LogP contribution < -0.4 is 5.73 Å². The van der Waals surface area contributed by atoms with Crippen molar-refractivity contribution in [2.75, 3.05) is 0 Å². The number of nitrogens with two attached hydrogens (primary N) is 1. The molecule has 0 amide bonds. The van der Waals surface area contributed by atoms with E-state index in [9.17, 15) is 0 Å². The van der Waals surface area contributed by atoms with Crippen LogP contribution in [0.4, 0.5) is 0 Å². The lowest BCUT2D eigenvalue weighted by Crippen LogP contribution is -2.13. The molecule has 0 saturated carbocycles. The summed E-state index contributed by atoms with van der Waals surface area (Å²) in [5.41, 5.74) is 5.63. The molecule has 1 aromatic heterocycles. The van der Waals surface area contributed by atoms with Crippen molar-refractivity contribution in [1.82, 2.24) is 0 Å². The van der Waals surface area contributed by atoms with E-state index in [0.29, 0.717) is 6.04 Å². The molecule has 0 bridgehead atoms. The first-order chi connectivity index (χ1) is 5.79. The van der Waals surface area contributed by atoms with Crippen molar-refractivity contribution in [2.45, 2.75) is 38.6 Å². The molecule has 0 radical (unpaired) electrons. The zero-order valence-corrected chi connectivity index (χ0v) is 7.62. The van der Waals surface area contributed by atoms with Gasteiger partial charge in [0.05, 0.1) is 6.26 Å². The molecule has 2 nitrogen and oxygen atoms in total. The van der Waals surface area contributed by atoms with E-state index in [1.165, 1.54) is 12.8 Å². The van der Waals surface area contributed by atoms with Gasteiger partial charge in [-0.3, -0.25) is 0 Å². The van der Waals surface area contributed by atoms with Crippen molar-refractivity contribution >= 4 is 0 Å². The summed E-state index contributed by atoms with van der Waals surface area (Å²) in [4.78, 5) is 0. The Morgan fingerprint density at radius 3 is 2.92 bits per heavy atom. The van der Waals surface area contributed by atoms with Crippen LogP contribution in [0.25, 0.3) is 0 Å². The first-order valence-electron chi connectivity index (χ1n) is 4.57. The van der Waals surface area contributed by atoms with E-state index in [-0.39, 0.29) is 0 Å². The molecule has 1 aromatic rings. The van der Waals surface area contributed by atoms with Gasteiger partial charge < -0.3 is 10.2 Å². The van der Waals surface area contributed by atoms with Crippen LogP contribution in [0.15, 0.2) is 22.8 Å². The summed E-state index contributed by atoms with van der Waals surface area (Å²) >= 11 is 0. The Kier molecular flexibility index (Phi) is 3.88. The maximum Gasteiger partial charge on any atom is 0.103 e. The van der Waals surface area contributed by atoms with Crippen molar-refractivity contribution < 1.29 is 4.42 Å². The van der Waals surface area contributed by atoms with Gasteiger partial charge in [-0.05, 0) is 31.9 Å². The van der Waals surface area contributed by atoms with Gasteiger partial charge in [0, 0.05) is 12.5 Å². The summed E-state index contributed by atoms with van der Waals surface area (Å²) in [5.74, 6) is 1.08. The Balaban J connectivity index is 2.04. The zero-order chi connectivity index (χ0) is 8.81. The van der Waals surface area contributed by atoms with E-state index in [4.69, 9.17) is 10.2 Å². The molecule has 2 N–H and O–H groups in total. The number of hydrogen-bond donors (Lipinski definition) is 1. The third-order valence-electron chi connectivity index (χ3n) is 1.91. The van der Waals surface area contributed by atoms with Crippen molar-refractivity contribution in [3.8, 4) is 0 Å². The molecule has 68 valence electrons. The predicted octanol–water partition coefficient (Wildman–Crippen LogP) is 2.34. The van der Waals surface area contributed by atoms with Crippen LogP contribution in [0.3, 0.4) is 0 Å². The number of hydrogen-bond acceptors (Lipinski definition) is 2. The second kappa shape index (κ2) is 4.99. The topological polar surface area (TPSA) is 39.2 Å². The maximum absolute atomic E-state index is 5.63. The highest BCUT2D eigenvalue weighted by Crippen LogP contribution is 2.07. The standard InChI is InChI=1S/C10H17NO/c1-9(11)5-2-3-6-10-7-4-8-12-10/h4,7-9H,2-3,5-6,11H2,1H3. The van der Waals surface area contributed by atoms with Crippen LogP contribution in [-0.2, 0) is 6.42 Å². The molecule has 0 aliphatic heterocycles. The molecule has 1 heterocycles. The Morgan fingerprint density at radius 2 is 2.33 bits per heavy atom. The highest BCUT2D eigenvalue weighted by atomic mass is 16.3. The van der Waals surface area contributed by atoms with Crippen LogP contribution in [-0.4, -0.2) is 6.04 Å². The number of rotatable bonds is 5. The van der Waals surface area contributed by atoms with Crippen LogP contribution in [0.1, 0.15) is 31.9 Å². The summed E-state index contributed by atoms with van der Waals surface area (Å²) in [7, 11) is 0. The van der Waals surface area contributed by atoms with Gasteiger partial charge in [-0.15, -0.1) is 0 Å². The van der Waals surface area contributed by atoms with E-state index >= 15 is 0 Å². The quantitative estimate of drug-likeness (QED) is 0.684. The normalized spacial score (nSPS) is 13.2. The van der Waals surface area contributed by atoms with Crippen molar-refractivity contribution in [2.24, 2.45) is 5.73 Å². The first kappa shape index (κ1) is 9.33. The van der Waals surface area contributed by atoms with Gasteiger partial charge in [0.25, 0.3) is 0 Å². The minimum Gasteiger partial charge on any atom is -0.469 e. The molecule has 2 heteroatoms. The minimum atomic E-state index is 0.335. The number of furan rings is 1. The predicted molar refractivity (Wildman–Crippen MR) is 49.9 cm³/mol. The molecular weight excluding hydrogens is 150 g/mol. The van der Waals surface area contributed by atoms with Gasteiger partial charge in [0.15, 0.2) is 0 Å². The van der Waals surface area contributed by atoms with Gasteiger partial charge in [0.1, 0.15) is 5.76 Å². The third-order valence-corrected chi connectivity index (χ3v) is 1.91. The fraction of sp³-hybridized carbons (Fsp3) is 0.600. The SMILES string of the molecule is CC(N)CCCCc1ccco1. The smallest absolute Gasteiger partial charge is 0.103 e. The lowest BCUT2D eigenvalue weighted by Gasteiger charge is -2.02. The maximum atomic E-state index is 5.63. The highest BCUT2D eigenvalue weighted by molar-refractivity contribution is 4.97. The average Bonchev–Trinajstić information content (AvgIpc) is 2.49. The van der Waals surface area contributed by atoms with Crippen LogP contribution in [0, 0.1) is 0 Å². The highest BCUT2D eigenvalue weighted by Gasteiger charge is 1.97. The van der Waals surface area contributed by atoms with Gasteiger partial charge in [-0.25, -0.2) is 0 Å². The molecule has 12 heavy (non-hydrogen) atoms. The molecule has 0 saturated heterocycles. The van der Waals surface area contributed by atoms with Crippen molar-refractivity contribution in [1.29, 1.82) is 0 Å². The van der Waals surface area contributed by atoms with E-state index in [1.54, 1.807) is 6.26 Å². The van der Waals surface area contributed by atoms with E-state index < -0.39 is 0 Å². The Bertz CT molecular complexity index is 192.